The molecule has 1 atom stereocenters. The van der Waals surface area contributed by atoms with E-state index in [4.69, 9.17) is 0 Å². The Bertz CT molecular complexity index is 174. The van der Waals surface area contributed by atoms with E-state index >= 15 is 0 Å². The molecule has 1 heterocycles. The monoisotopic (exact) mass is 183 g/mol. The standard InChI is InChI=1S/C6H9F3N2O/c7-6(8,9)5(12)11-4-1-2-10-3-4/h4,10H,1-3H2,(H,11,12)/p+1/t4-/m0/s1. The average Bonchev–Trinajstić information content (AvgIpc) is 2.37. The summed E-state index contributed by atoms with van der Waals surface area (Å²) in [5, 5.41) is 3.80. The number of nitrogens with two attached hydrogens (primary N) is 1. The van der Waals surface area contributed by atoms with Crippen LogP contribution in [0.2, 0.25) is 0 Å². The highest BCUT2D eigenvalue weighted by atomic mass is 19.4. The van der Waals surface area contributed by atoms with Crippen molar-refractivity contribution in [3.63, 3.8) is 0 Å². The molecule has 3 N–H and O–H groups in total. The zero-order valence-electron chi connectivity index (χ0n) is 6.32. The van der Waals surface area contributed by atoms with E-state index < -0.39 is 12.1 Å². The minimum Gasteiger partial charge on any atom is -0.344 e. The van der Waals surface area contributed by atoms with Crippen molar-refractivity contribution >= 4 is 5.91 Å². The molecular formula is C6H10F3N2O+. The summed E-state index contributed by atoms with van der Waals surface area (Å²) >= 11 is 0. The first-order chi connectivity index (χ1) is 5.50. The maximum Gasteiger partial charge on any atom is 0.471 e. The van der Waals surface area contributed by atoms with Crippen LogP contribution >= 0.6 is 0 Å². The predicted molar refractivity (Wildman–Crippen MR) is 34.3 cm³/mol. The van der Waals surface area contributed by atoms with Crippen LogP contribution < -0.4 is 10.6 Å². The fourth-order valence-corrected chi connectivity index (χ4v) is 1.15. The van der Waals surface area contributed by atoms with Crippen molar-refractivity contribution in [1.29, 1.82) is 0 Å². The lowest BCUT2D eigenvalue weighted by Crippen LogP contribution is -2.82. The molecule has 3 nitrogen and oxygen atoms in total. The molecule has 6 heteroatoms. The van der Waals surface area contributed by atoms with Crippen LogP contribution in [-0.4, -0.2) is 31.2 Å². The zero-order chi connectivity index (χ0) is 9.19. The van der Waals surface area contributed by atoms with Crippen LogP contribution in [0.1, 0.15) is 6.42 Å². The molecule has 0 spiro atoms. The summed E-state index contributed by atoms with van der Waals surface area (Å²) in [6, 6.07) is -0.320. The number of carbonyl (C=O) groups is 1. The molecule has 70 valence electrons. The molecule has 1 saturated heterocycles. The number of rotatable bonds is 1. The average molecular weight is 183 g/mol. The molecule has 0 bridgehead atoms. The van der Waals surface area contributed by atoms with E-state index in [-0.39, 0.29) is 6.04 Å². The van der Waals surface area contributed by atoms with Crippen molar-refractivity contribution in [2.45, 2.75) is 18.6 Å². The Balaban J connectivity index is 2.35. The number of quaternary nitrogens is 1. The van der Waals surface area contributed by atoms with Gasteiger partial charge in [0.1, 0.15) is 0 Å². The molecule has 0 radical (unpaired) electrons. The number of hydrogen-bond donors (Lipinski definition) is 2. The van der Waals surface area contributed by atoms with E-state index in [0.717, 1.165) is 6.54 Å². The van der Waals surface area contributed by atoms with Gasteiger partial charge in [0.15, 0.2) is 0 Å². The maximum atomic E-state index is 11.7. The topological polar surface area (TPSA) is 45.7 Å². The lowest BCUT2D eigenvalue weighted by molar-refractivity contribution is -0.636. The Morgan fingerprint density at radius 2 is 2.17 bits per heavy atom. The number of hydrogen-bond acceptors (Lipinski definition) is 1. The first-order valence-electron chi connectivity index (χ1n) is 3.69. The van der Waals surface area contributed by atoms with Gasteiger partial charge in [0.05, 0.1) is 19.1 Å². The quantitative estimate of drug-likeness (QED) is 0.538. The summed E-state index contributed by atoms with van der Waals surface area (Å²) in [6.45, 7) is 1.32. The Morgan fingerprint density at radius 3 is 2.58 bits per heavy atom. The highest BCUT2D eigenvalue weighted by Gasteiger charge is 2.40. The van der Waals surface area contributed by atoms with Gasteiger partial charge in [-0.2, -0.15) is 13.2 Å². The molecule has 1 aliphatic heterocycles. The van der Waals surface area contributed by atoms with Gasteiger partial charge in [-0.25, -0.2) is 0 Å². The van der Waals surface area contributed by atoms with Gasteiger partial charge >= 0.3 is 12.1 Å². The SMILES string of the molecule is O=C(N[C@H]1CC[NH2+]C1)C(F)(F)F. The first kappa shape index (κ1) is 9.31. The number of alkyl halides is 3. The molecular weight excluding hydrogens is 173 g/mol. The van der Waals surface area contributed by atoms with Crippen molar-refractivity contribution in [2.75, 3.05) is 13.1 Å². The minimum atomic E-state index is -4.75. The van der Waals surface area contributed by atoms with E-state index in [2.05, 4.69) is 0 Å². The predicted octanol–water partition coefficient (Wildman–Crippen LogP) is -0.999. The largest absolute Gasteiger partial charge is 0.471 e. The van der Waals surface area contributed by atoms with Gasteiger partial charge in [-0.05, 0) is 0 Å². The van der Waals surface area contributed by atoms with Gasteiger partial charge in [-0.15, -0.1) is 0 Å². The Morgan fingerprint density at radius 1 is 1.50 bits per heavy atom. The van der Waals surface area contributed by atoms with Gasteiger partial charge in [-0.3, -0.25) is 4.79 Å². The fraction of sp³-hybridized carbons (Fsp3) is 0.833. The van der Waals surface area contributed by atoms with E-state index in [1.54, 1.807) is 0 Å². The Labute approximate surface area is 67.3 Å². The zero-order valence-corrected chi connectivity index (χ0v) is 6.32. The Hall–Kier alpha value is -0.780. The third-order valence-electron chi connectivity index (χ3n) is 1.76. The summed E-state index contributed by atoms with van der Waals surface area (Å²) < 4.78 is 35.0. The van der Waals surface area contributed by atoms with E-state index in [1.165, 1.54) is 0 Å². The number of halogens is 3. The van der Waals surface area contributed by atoms with E-state index in [0.29, 0.717) is 13.0 Å². The normalized spacial score (nSPS) is 24.1. The first-order valence-corrected chi connectivity index (χ1v) is 3.69. The molecule has 1 rings (SSSR count). The second-order valence-corrected chi connectivity index (χ2v) is 2.77. The molecule has 1 fully saturated rings. The fourth-order valence-electron chi connectivity index (χ4n) is 1.15. The third kappa shape index (κ3) is 2.37. The second kappa shape index (κ2) is 3.30. The summed E-state index contributed by atoms with van der Waals surface area (Å²) in [4.78, 5) is 10.4. The summed E-state index contributed by atoms with van der Waals surface area (Å²) in [6.07, 6.45) is -4.13. The summed E-state index contributed by atoms with van der Waals surface area (Å²) in [7, 11) is 0. The molecule has 0 unspecified atom stereocenters. The molecule has 12 heavy (non-hydrogen) atoms. The molecule has 0 saturated carbocycles. The van der Waals surface area contributed by atoms with Crippen LogP contribution in [0.4, 0.5) is 13.2 Å². The van der Waals surface area contributed by atoms with Crippen molar-refractivity contribution in [3.05, 3.63) is 0 Å². The third-order valence-corrected chi connectivity index (χ3v) is 1.76. The molecule has 0 aliphatic carbocycles. The van der Waals surface area contributed by atoms with Gasteiger partial charge in [0.2, 0.25) is 0 Å². The minimum absolute atomic E-state index is 0.320. The van der Waals surface area contributed by atoms with Crippen LogP contribution in [0, 0.1) is 0 Å². The van der Waals surface area contributed by atoms with Crippen LogP contribution in [0.5, 0.6) is 0 Å². The second-order valence-electron chi connectivity index (χ2n) is 2.77. The van der Waals surface area contributed by atoms with Gasteiger partial charge < -0.3 is 10.6 Å². The van der Waals surface area contributed by atoms with Crippen molar-refractivity contribution in [2.24, 2.45) is 0 Å². The summed E-state index contributed by atoms with van der Waals surface area (Å²) in [5.74, 6) is -1.83. The van der Waals surface area contributed by atoms with Crippen LogP contribution in [0.25, 0.3) is 0 Å². The van der Waals surface area contributed by atoms with Crippen LogP contribution in [-0.2, 0) is 4.79 Å². The van der Waals surface area contributed by atoms with E-state index in [9.17, 15) is 18.0 Å². The lowest BCUT2D eigenvalue weighted by atomic mass is 10.2. The molecule has 0 aromatic carbocycles. The van der Waals surface area contributed by atoms with Gasteiger partial charge in [0, 0.05) is 6.42 Å². The highest BCUT2D eigenvalue weighted by molar-refractivity contribution is 5.81. The van der Waals surface area contributed by atoms with Crippen LogP contribution in [0.3, 0.4) is 0 Å². The molecule has 0 aromatic heterocycles. The Kier molecular flexibility index (Phi) is 2.56. The van der Waals surface area contributed by atoms with Crippen molar-refractivity contribution in [1.82, 2.24) is 5.32 Å². The number of amides is 1. The molecule has 0 aromatic rings. The van der Waals surface area contributed by atoms with Gasteiger partial charge in [-0.1, -0.05) is 0 Å². The molecule has 1 amide bonds. The highest BCUT2D eigenvalue weighted by Crippen LogP contribution is 2.14. The van der Waals surface area contributed by atoms with Gasteiger partial charge in [0.25, 0.3) is 0 Å². The van der Waals surface area contributed by atoms with Crippen molar-refractivity contribution < 1.29 is 23.3 Å². The lowest BCUT2D eigenvalue weighted by Gasteiger charge is -2.10. The smallest absolute Gasteiger partial charge is 0.344 e. The maximum absolute atomic E-state index is 11.7. The molecule has 1 aliphatic rings. The van der Waals surface area contributed by atoms with E-state index in [1.807, 2.05) is 10.6 Å². The number of carbonyl (C=O) groups excluding carboxylic acids is 1. The number of nitrogens with one attached hydrogen (secondary N) is 1. The van der Waals surface area contributed by atoms with Crippen molar-refractivity contribution in [3.8, 4) is 0 Å². The summed E-state index contributed by atoms with van der Waals surface area (Å²) in [5.41, 5.74) is 0. The van der Waals surface area contributed by atoms with Crippen LogP contribution in [0.15, 0.2) is 0 Å².